The average Bonchev–Trinajstić information content (AvgIpc) is 3.59. The predicted octanol–water partition coefficient (Wildman–Crippen LogP) is 5.29. The van der Waals surface area contributed by atoms with E-state index in [-0.39, 0.29) is 0 Å². The zero-order valence-corrected chi connectivity index (χ0v) is 19.5. The minimum Gasteiger partial charge on any atom is -0.497 e. The summed E-state index contributed by atoms with van der Waals surface area (Å²) < 4.78 is 15.0. The van der Waals surface area contributed by atoms with E-state index >= 15 is 0 Å². The fourth-order valence-corrected chi connectivity index (χ4v) is 4.70. The van der Waals surface area contributed by atoms with Gasteiger partial charge in [0, 0.05) is 41.3 Å². The molecule has 0 radical (unpaired) electrons. The summed E-state index contributed by atoms with van der Waals surface area (Å²) in [6.45, 7) is 5.91. The summed E-state index contributed by atoms with van der Waals surface area (Å²) >= 11 is 1.54. The summed E-state index contributed by atoms with van der Waals surface area (Å²) in [6, 6.07) is 16.0. The molecule has 0 unspecified atom stereocenters. The Morgan fingerprint density at radius 2 is 1.82 bits per heavy atom. The second kappa shape index (κ2) is 9.11. The molecular weight excluding hydrogens is 436 g/mol. The standard InChI is InChI=1S/C24H24N6O2S/c1-4-29-14-19(18-8-6-7-9-20(18)29)23-26-27-24(30(23)5-2)33-15-21-25-22(28-32-21)16-10-12-17(31-3)13-11-16/h6-14H,4-5,15H2,1-3H3. The first-order chi connectivity index (χ1) is 16.2. The van der Waals surface area contributed by atoms with Crippen LogP contribution in [0.5, 0.6) is 5.75 Å². The Morgan fingerprint density at radius 1 is 1.00 bits per heavy atom. The maximum absolute atomic E-state index is 5.46. The van der Waals surface area contributed by atoms with Gasteiger partial charge >= 0.3 is 0 Å². The molecule has 0 spiro atoms. The number of benzene rings is 2. The van der Waals surface area contributed by atoms with E-state index in [1.807, 2.05) is 24.3 Å². The van der Waals surface area contributed by atoms with Gasteiger partial charge in [-0.05, 0) is 44.2 Å². The van der Waals surface area contributed by atoms with Crippen LogP contribution in [-0.4, -0.2) is 36.6 Å². The summed E-state index contributed by atoms with van der Waals surface area (Å²) in [5.41, 5.74) is 3.17. The van der Waals surface area contributed by atoms with Crippen LogP contribution in [0.15, 0.2) is 64.4 Å². The summed E-state index contributed by atoms with van der Waals surface area (Å²) in [4.78, 5) is 4.53. The van der Waals surface area contributed by atoms with Crippen molar-refractivity contribution in [2.75, 3.05) is 7.11 Å². The zero-order valence-electron chi connectivity index (χ0n) is 18.7. The number of hydrogen-bond donors (Lipinski definition) is 0. The van der Waals surface area contributed by atoms with E-state index < -0.39 is 0 Å². The van der Waals surface area contributed by atoms with Gasteiger partial charge in [-0.1, -0.05) is 35.1 Å². The molecule has 0 aliphatic rings. The molecule has 0 fully saturated rings. The number of thioether (sulfide) groups is 1. The molecule has 9 heteroatoms. The highest BCUT2D eigenvalue weighted by Crippen LogP contribution is 2.32. The van der Waals surface area contributed by atoms with Crippen molar-refractivity contribution in [3.8, 4) is 28.5 Å². The van der Waals surface area contributed by atoms with E-state index in [4.69, 9.17) is 9.26 Å². The van der Waals surface area contributed by atoms with Crippen LogP contribution in [0, 0.1) is 0 Å². The number of hydrogen-bond acceptors (Lipinski definition) is 7. The lowest BCUT2D eigenvalue weighted by Crippen LogP contribution is -2.00. The van der Waals surface area contributed by atoms with Gasteiger partial charge in [0.25, 0.3) is 0 Å². The van der Waals surface area contributed by atoms with Gasteiger partial charge in [-0.25, -0.2) is 0 Å². The van der Waals surface area contributed by atoms with Gasteiger partial charge in [0.15, 0.2) is 11.0 Å². The Hall–Kier alpha value is -3.59. The molecule has 0 bridgehead atoms. The molecule has 0 amide bonds. The summed E-state index contributed by atoms with van der Waals surface area (Å²) in [5, 5.41) is 15.1. The lowest BCUT2D eigenvalue weighted by Gasteiger charge is -2.05. The highest BCUT2D eigenvalue weighted by molar-refractivity contribution is 7.98. The molecule has 0 saturated heterocycles. The van der Waals surface area contributed by atoms with Crippen molar-refractivity contribution in [3.63, 3.8) is 0 Å². The van der Waals surface area contributed by atoms with Gasteiger partial charge in [0.05, 0.1) is 12.9 Å². The highest BCUT2D eigenvalue weighted by atomic mass is 32.2. The number of fused-ring (bicyclic) bond motifs is 1. The molecule has 0 aliphatic carbocycles. The third kappa shape index (κ3) is 4.00. The summed E-state index contributed by atoms with van der Waals surface area (Å²) in [7, 11) is 1.64. The van der Waals surface area contributed by atoms with Crippen LogP contribution in [0.1, 0.15) is 19.7 Å². The van der Waals surface area contributed by atoms with E-state index in [1.54, 1.807) is 7.11 Å². The van der Waals surface area contributed by atoms with Crippen molar-refractivity contribution in [1.29, 1.82) is 0 Å². The number of para-hydroxylation sites is 1. The SMILES string of the molecule is CCn1c(SCc2nc(-c3ccc(OC)cc3)no2)nnc1-c1cn(CC)c2ccccc12. The first-order valence-corrected chi connectivity index (χ1v) is 11.8. The maximum atomic E-state index is 5.46. The fraction of sp³-hybridized carbons (Fsp3) is 0.250. The smallest absolute Gasteiger partial charge is 0.237 e. The molecule has 33 heavy (non-hydrogen) atoms. The van der Waals surface area contributed by atoms with Crippen molar-refractivity contribution in [1.82, 2.24) is 29.5 Å². The van der Waals surface area contributed by atoms with E-state index in [0.717, 1.165) is 40.9 Å². The van der Waals surface area contributed by atoms with Crippen molar-refractivity contribution in [2.24, 2.45) is 0 Å². The van der Waals surface area contributed by atoms with E-state index in [0.29, 0.717) is 17.5 Å². The molecule has 0 atom stereocenters. The zero-order chi connectivity index (χ0) is 22.8. The topological polar surface area (TPSA) is 83.8 Å². The predicted molar refractivity (Wildman–Crippen MR) is 128 cm³/mol. The van der Waals surface area contributed by atoms with E-state index in [2.05, 4.69) is 73.8 Å². The largest absolute Gasteiger partial charge is 0.497 e. The lowest BCUT2D eigenvalue weighted by molar-refractivity contribution is 0.391. The lowest BCUT2D eigenvalue weighted by atomic mass is 10.1. The Morgan fingerprint density at radius 3 is 2.58 bits per heavy atom. The monoisotopic (exact) mass is 460 g/mol. The van der Waals surface area contributed by atoms with Gasteiger partial charge in [0.1, 0.15) is 5.75 Å². The van der Waals surface area contributed by atoms with Crippen LogP contribution in [0.2, 0.25) is 0 Å². The minimum atomic E-state index is 0.512. The Bertz CT molecular complexity index is 1390. The Balaban J connectivity index is 1.38. The number of nitrogens with zero attached hydrogens (tertiary/aromatic N) is 6. The molecule has 2 aromatic carbocycles. The second-order valence-electron chi connectivity index (χ2n) is 7.43. The summed E-state index contributed by atoms with van der Waals surface area (Å²) in [6.07, 6.45) is 2.16. The Labute approximate surface area is 195 Å². The molecule has 3 aromatic heterocycles. The van der Waals surface area contributed by atoms with Crippen LogP contribution in [0.4, 0.5) is 0 Å². The van der Waals surface area contributed by atoms with Gasteiger partial charge < -0.3 is 18.4 Å². The van der Waals surface area contributed by atoms with Crippen molar-refractivity contribution in [3.05, 3.63) is 60.6 Å². The first-order valence-electron chi connectivity index (χ1n) is 10.8. The second-order valence-corrected chi connectivity index (χ2v) is 8.37. The third-order valence-electron chi connectivity index (χ3n) is 5.54. The number of rotatable bonds is 8. The van der Waals surface area contributed by atoms with Gasteiger partial charge in [0.2, 0.25) is 11.7 Å². The first kappa shape index (κ1) is 21.3. The molecule has 3 heterocycles. The molecular formula is C24H24N6O2S. The molecule has 0 aliphatic heterocycles. The molecule has 8 nitrogen and oxygen atoms in total. The van der Waals surface area contributed by atoms with Crippen LogP contribution < -0.4 is 4.74 Å². The molecule has 0 N–H and O–H groups in total. The Kier molecular flexibility index (Phi) is 5.87. The van der Waals surface area contributed by atoms with E-state index in [9.17, 15) is 0 Å². The van der Waals surface area contributed by atoms with Crippen molar-refractivity contribution < 1.29 is 9.26 Å². The van der Waals surface area contributed by atoms with Crippen molar-refractivity contribution in [2.45, 2.75) is 37.8 Å². The van der Waals surface area contributed by atoms with Gasteiger partial charge in [-0.15, -0.1) is 10.2 Å². The number of aromatic nitrogens is 6. The molecule has 5 rings (SSSR count). The van der Waals surface area contributed by atoms with E-state index in [1.165, 1.54) is 22.7 Å². The minimum absolute atomic E-state index is 0.512. The molecule has 0 saturated carbocycles. The quantitative estimate of drug-likeness (QED) is 0.291. The van der Waals surface area contributed by atoms with Crippen molar-refractivity contribution >= 4 is 22.7 Å². The fourth-order valence-electron chi connectivity index (χ4n) is 3.86. The number of aryl methyl sites for hydroxylation is 1. The van der Waals surface area contributed by atoms with Crippen LogP contribution in [0.3, 0.4) is 0 Å². The normalized spacial score (nSPS) is 11.4. The van der Waals surface area contributed by atoms with Crippen LogP contribution in [0.25, 0.3) is 33.7 Å². The molecule has 168 valence electrons. The summed E-state index contributed by atoms with van der Waals surface area (Å²) in [5.74, 6) is 3.26. The van der Waals surface area contributed by atoms with Gasteiger partial charge in [-0.3, -0.25) is 0 Å². The molecule has 5 aromatic rings. The average molecular weight is 461 g/mol. The number of ether oxygens (including phenoxy) is 1. The number of methoxy groups -OCH3 is 1. The highest BCUT2D eigenvalue weighted by Gasteiger charge is 2.19. The van der Waals surface area contributed by atoms with Gasteiger partial charge in [-0.2, -0.15) is 4.98 Å². The van der Waals surface area contributed by atoms with Crippen LogP contribution in [-0.2, 0) is 18.8 Å². The third-order valence-corrected chi connectivity index (χ3v) is 6.50. The maximum Gasteiger partial charge on any atom is 0.237 e. The van der Waals surface area contributed by atoms with Crippen LogP contribution >= 0.6 is 11.8 Å².